The summed E-state index contributed by atoms with van der Waals surface area (Å²) in [7, 11) is 4.11. The number of fused-ring (bicyclic) bond motifs is 1. The molecule has 0 saturated heterocycles. The van der Waals surface area contributed by atoms with Crippen LogP contribution in [-0.4, -0.2) is 54.1 Å². The van der Waals surface area contributed by atoms with E-state index in [0.29, 0.717) is 12.6 Å². The van der Waals surface area contributed by atoms with Gasteiger partial charge in [0.15, 0.2) is 0 Å². The second-order valence-electron chi connectivity index (χ2n) is 7.55. The summed E-state index contributed by atoms with van der Waals surface area (Å²) in [6.07, 6.45) is 1.93. The lowest BCUT2D eigenvalue weighted by molar-refractivity contribution is 0.0940. The minimum Gasteiger partial charge on any atom is -0.361 e. The van der Waals surface area contributed by atoms with Gasteiger partial charge in [0.25, 0.3) is 5.91 Å². The quantitative estimate of drug-likeness (QED) is 0.788. The molecule has 1 atom stereocenters. The Bertz CT molecular complexity index is 777. The predicted octanol–water partition coefficient (Wildman–Crippen LogP) is 2.98. The summed E-state index contributed by atoms with van der Waals surface area (Å²) in [6.45, 7) is 9.47. The SMILES string of the molecule is CC[C@H](CNC(=O)c1csc2c1CCN(Cc1c(C)noc1C)C2)N(C)C. The Morgan fingerprint density at radius 3 is 2.85 bits per heavy atom. The fourth-order valence-corrected chi connectivity index (χ4v) is 4.78. The van der Waals surface area contributed by atoms with E-state index in [0.717, 1.165) is 49.5 Å². The fourth-order valence-electron chi connectivity index (χ4n) is 3.66. The molecule has 0 fully saturated rings. The molecule has 27 heavy (non-hydrogen) atoms. The standard InChI is InChI=1S/C20H30N4O2S/c1-6-15(23(4)5)9-21-20(25)18-12-27-19-11-24(8-7-16(18)19)10-17-13(2)22-26-14(17)3/h12,15H,6-11H2,1-5H3,(H,21,25)/t15-/m1/s1. The van der Waals surface area contributed by atoms with Gasteiger partial charge in [0.2, 0.25) is 0 Å². The molecule has 0 saturated carbocycles. The molecule has 0 unspecified atom stereocenters. The highest BCUT2D eigenvalue weighted by atomic mass is 32.1. The number of hydrogen-bond acceptors (Lipinski definition) is 6. The van der Waals surface area contributed by atoms with Crippen molar-refractivity contribution in [1.82, 2.24) is 20.3 Å². The zero-order valence-electron chi connectivity index (χ0n) is 17.0. The van der Waals surface area contributed by atoms with Gasteiger partial charge in [-0.05, 0) is 46.3 Å². The number of aryl methyl sites for hydroxylation is 2. The van der Waals surface area contributed by atoms with Gasteiger partial charge in [0, 0.05) is 48.0 Å². The van der Waals surface area contributed by atoms with E-state index in [1.165, 1.54) is 16.0 Å². The molecule has 0 radical (unpaired) electrons. The van der Waals surface area contributed by atoms with E-state index in [1.54, 1.807) is 11.3 Å². The molecule has 7 heteroatoms. The molecule has 3 rings (SSSR count). The average Bonchev–Trinajstić information content (AvgIpc) is 3.20. The van der Waals surface area contributed by atoms with Crippen molar-refractivity contribution in [3.63, 3.8) is 0 Å². The van der Waals surface area contributed by atoms with Gasteiger partial charge in [-0.15, -0.1) is 11.3 Å². The van der Waals surface area contributed by atoms with E-state index >= 15 is 0 Å². The van der Waals surface area contributed by atoms with Crippen molar-refractivity contribution >= 4 is 17.2 Å². The van der Waals surface area contributed by atoms with Crippen LogP contribution in [0.2, 0.25) is 0 Å². The number of hydrogen-bond donors (Lipinski definition) is 1. The molecule has 0 aliphatic carbocycles. The van der Waals surface area contributed by atoms with Crippen molar-refractivity contribution in [1.29, 1.82) is 0 Å². The summed E-state index contributed by atoms with van der Waals surface area (Å²) in [5.74, 6) is 0.961. The zero-order valence-corrected chi connectivity index (χ0v) is 17.8. The Labute approximate surface area is 165 Å². The normalized spacial score (nSPS) is 15.8. The Kier molecular flexibility index (Phi) is 6.34. The van der Waals surface area contributed by atoms with Crippen LogP contribution in [-0.2, 0) is 19.5 Å². The predicted molar refractivity (Wildman–Crippen MR) is 108 cm³/mol. The van der Waals surface area contributed by atoms with E-state index in [9.17, 15) is 4.79 Å². The van der Waals surface area contributed by atoms with Crippen molar-refractivity contribution < 1.29 is 9.32 Å². The maximum absolute atomic E-state index is 12.7. The van der Waals surface area contributed by atoms with Gasteiger partial charge in [0.05, 0.1) is 11.3 Å². The molecule has 0 aromatic carbocycles. The van der Waals surface area contributed by atoms with Crippen LogP contribution in [0.15, 0.2) is 9.90 Å². The molecule has 1 N–H and O–H groups in total. The topological polar surface area (TPSA) is 61.6 Å². The summed E-state index contributed by atoms with van der Waals surface area (Å²) in [6, 6.07) is 0.369. The smallest absolute Gasteiger partial charge is 0.252 e. The van der Waals surface area contributed by atoms with Crippen molar-refractivity contribution in [2.45, 2.75) is 52.7 Å². The highest BCUT2D eigenvalue weighted by Gasteiger charge is 2.25. The maximum Gasteiger partial charge on any atom is 0.252 e. The van der Waals surface area contributed by atoms with Gasteiger partial charge in [-0.3, -0.25) is 9.69 Å². The number of rotatable bonds is 7. The van der Waals surface area contributed by atoms with Crippen LogP contribution >= 0.6 is 11.3 Å². The molecule has 0 bridgehead atoms. The molecule has 2 aromatic heterocycles. The number of thiophene rings is 1. The summed E-state index contributed by atoms with van der Waals surface area (Å²) >= 11 is 1.70. The number of nitrogens with one attached hydrogen (secondary N) is 1. The highest BCUT2D eigenvalue weighted by Crippen LogP contribution is 2.30. The summed E-state index contributed by atoms with van der Waals surface area (Å²) in [5.41, 5.74) is 4.24. The first-order valence-electron chi connectivity index (χ1n) is 9.58. The lowest BCUT2D eigenvalue weighted by Crippen LogP contribution is -2.40. The molecule has 1 aliphatic rings. The number of likely N-dealkylation sites (N-methyl/N-ethyl adjacent to an activating group) is 1. The number of amides is 1. The van der Waals surface area contributed by atoms with Crippen molar-refractivity contribution in [3.8, 4) is 0 Å². The van der Waals surface area contributed by atoms with E-state index in [-0.39, 0.29) is 5.91 Å². The lowest BCUT2D eigenvalue weighted by atomic mass is 10.0. The molecule has 2 aromatic rings. The second-order valence-corrected chi connectivity index (χ2v) is 8.51. The van der Waals surface area contributed by atoms with Gasteiger partial charge in [0.1, 0.15) is 5.76 Å². The van der Waals surface area contributed by atoms with E-state index in [4.69, 9.17) is 4.52 Å². The maximum atomic E-state index is 12.7. The van der Waals surface area contributed by atoms with Crippen LogP contribution in [0.4, 0.5) is 0 Å². The summed E-state index contributed by atoms with van der Waals surface area (Å²) in [4.78, 5) is 18.6. The lowest BCUT2D eigenvalue weighted by Gasteiger charge is -2.27. The van der Waals surface area contributed by atoms with E-state index < -0.39 is 0 Å². The first-order valence-corrected chi connectivity index (χ1v) is 10.5. The molecule has 0 spiro atoms. The summed E-state index contributed by atoms with van der Waals surface area (Å²) < 4.78 is 5.28. The number of aromatic nitrogens is 1. The third-order valence-corrected chi connectivity index (χ3v) is 6.55. The Hall–Kier alpha value is -1.70. The number of nitrogens with zero attached hydrogens (tertiary/aromatic N) is 3. The van der Waals surface area contributed by atoms with Gasteiger partial charge >= 0.3 is 0 Å². The van der Waals surface area contributed by atoms with E-state index in [2.05, 4.69) is 41.3 Å². The summed E-state index contributed by atoms with van der Waals surface area (Å²) in [5, 5.41) is 9.20. The van der Waals surface area contributed by atoms with Crippen molar-refractivity contribution in [2.75, 3.05) is 27.2 Å². The molecule has 1 amide bonds. The Balaban J connectivity index is 1.63. The Morgan fingerprint density at radius 2 is 2.22 bits per heavy atom. The zero-order chi connectivity index (χ0) is 19.6. The first kappa shape index (κ1) is 20.0. The molecular formula is C20H30N4O2S. The van der Waals surface area contributed by atoms with Crippen molar-refractivity contribution in [2.24, 2.45) is 0 Å². The molecule has 148 valence electrons. The third kappa shape index (κ3) is 4.42. The van der Waals surface area contributed by atoms with Crippen LogP contribution < -0.4 is 5.32 Å². The van der Waals surface area contributed by atoms with Gasteiger partial charge in [-0.1, -0.05) is 12.1 Å². The van der Waals surface area contributed by atoms with Crippen LogP contribution in [0.1, 0.15) is 51.2 Å². The first-order chi connectivity index (χ1) is 12.9. The van der Waals surface area contributed by atoms with Gasteiger partial charge < -0.3 is 14.7 Å². The molecule has 3 heterocycles. The third-order valence-electron chi connectivity index (χ3n) is 5.53. The monoisotopic (exact) mass is 390 g/mol. The highest BCUT2D eigenvalue weighted by molar-refractivity contribution is 7.10. The molecule has 1 aliphatic heterocycles. The van der Waals surface area contributed by atoms with Crippen LogP contribution in [0.25, 0.3) is 0 Å². The van der Waals surface area contributed by atoms with E-state index in [1.807, 2.05) is 19.2 Å². The van der Waals surface area contributed by atoms with Crippen LogP contribution in [0, 0.1) is 13.8 Å². The van der Waals surface area contributed by atoms with Crippen molar-refractivity contribution in [3.05, 3.63) is 38.4 Å². The van der Waals surface area contributed by atoms with Crippen LogP contribution in [0.3, 0.4) is 0 Å². The minimum absolute atomic E-state index is 0.0620. The number of carbonyl (C=O) groups is 1. The fraction of sp³-hybridized carbons (Fsp3) is 0.600. The van der Waals surface area contributed by atoms with Gasteiger partial charge in [-0.2, -0.15) is 0 Å². The molecule has 6 nitrogen and oxygen atoms in total. The largest absolute Gasteiger partial charge is 0.361 e. The minimum atomic E-state index is 0.0620. The average molecular weight is 391 g/mol. The number of carbonyl (C=O) groups excluding carboxylic acids is 1. The van der Waals surface area contributed by atoms with Crippen LogP contribution in [0.5, 0.6) is 0 Å². The second kappa shape index (κ2) is 8.54. The Morgan fingerprint density at radius 1 is 1.44 bits per heavy atom. The van der Waals surface area contributed by atoms with Gasteiger partial charge in [-0.25, -0.2) is 0 Å². The molecular weight excluding hydrogens is 360 g/mol.